The Morgan fingerprint density at radius 2 is 1.89 bits per heavy atom. The predicted octanol–water partition coefficient (Wildman–Crippen LogP) is 2.56. The van der Waals surface area contributed by atoms with Crippen LogP contribution in [0, 0.1) is 5.92 Å². The maximum atomic E-state index is 11.8. The predicted molar refractivity (Wildman–Crippen MR) is 70.3 cm³/mol. The third-order valence-electron chi connectivity index (χ3n) is 3.39. The van der Waals surface area contributed by atoms with E-state index in [1.165, 1.54) is 12.8 Å². The first kappa shape index (κ1) is 12.8. The lowest BCUT2D eigenvalue weighted by atomic mass is 10.1. The van der Waals surface area contributed by atoms with Crippen LogP contribution in [0.5, 0.6) is 0 Å². The van der Waals surface area contributed by atoms with Crippen molar-refractivity contribution in [3.8, 4) is 0 Å². The molecule has 3 heteroatoms. The van der Waals surface area contributed by atoms with Gasteiger partial charge in [0.05, 0.1) is 0 Å². The minimum atomic E-state index is -0.0151. The molecular formula is C15H19NO2. The van der Waals surface area contributed by atoms with E-state index in [1.807, 2.05) is 25.1 Å². The van der Waals surface area contributed by atoms with E-state index in [9.17, 15) is 9.59 Å². The van der Waals surface area contributed by atoms with Crippen molar-refractivity contribution in [2.45, 2.75) is 38.6 Å². The largest absolute Gasteiger partial charge is 0.353 e. The zero-order valence-corrected chi connectivity index (χ0v) is 10.7. The molecule has 1 amide bonds. The van der Waals surface area contributed by atoms with E-state index in [2.05, 4.69) is 5.32 Å². The van der Waals surface area contributed by atoms with Gasteiger partial charge < -0.3 is 5.32 Å². The molecule has 0 radical (unpaired) electrons. The van der Waals surface area contributed by atoms with Crippen molar-refractivity contribution in [1.29, 1.82) is 0 Å². The number of carbonyl (C=O) groups excluding carboxylic acids is 2. The minimum absolute atomic E-state index is 0.0151. The van der Waals surface area contributed by atoms with Gasteiger partial charge in [-0.3, -0.25) is 9.59 Å². The zero-order chi connectivity index (χ0) is 13.0. The Bertz CT molecular complexity index is 423. The lowest BCUT2D eigenvalue weighted by Crippen LogP contribution is -2.34. The highest BCUT2D eigenvalue weighted by Gasteiger charge is 2.28. The van der Waals surface area contributed by atoms with Gasteiger partial charge in [-0.05, 0) is 25.7 Å². The molecule has 1 aliphatic rings. The Morgan fingerprint density at radius 1 is 1.22 bits per heavy atom. The van der Waals surface area contributed by atoms with Gasteiger partial charge in [0.15, 0.2) is 5.78 Å². The monoisotopic (exact) mass is 245 g/mol. The second kappa shape index (κ2) is 5.80. The van der Waals surface area contributed by atoms with Crippen LogP contribution in [0.15, 0.2) is 30.3 Å². The fourth-order valence-corrected chi connectivity index (χ4v) is 2.04. The molecule has 1 aliphatic carbocycles. The first-order valence-electron chi connectivity index (χ1n) is 6.54. The minimum Gasteiger partial charge on any atom is -0.353 e. The summed E-state index contributed by atoms with van der Waals surface area (Å²) in [5, 5.41) is 2.96. The smallest absolute Gasteiger partial charge is 0.220 e. The Kier molecular flexibility index (Phi) is 4.13. The summed E-state index contributed by atoms with van der Waals surface area (Å²) in [6, 6.07) is 9.37. The van der Waals surface area contributed by atoms with E-state index in [-0.39, 0.29) is 30.6 Å². The number of ketones is 1. The molecule has 1 aromatic rings. The second-order valence-electron chi connectivity index (χ2n) is 4.98. The van der Waals surface area contributed by atoms with Gasteiger partial charge in [-0.15, -0.1) is 0 Å². The zero-order valence-electron chi connectivity index (χ0n) is 10.7. The van der Waals surface area contributed by atoms with Crippen LogP contribution in [0.4, 0.5) is 0 Å². The molecule has 3 nitrogen and oxygen atoms in total. The van der Waals surface area contributed by atoms with Gasteiger partial charge in [0.1, 0.15) is 0 Å². The number of carbonyl (C=O) groups is 2. The molecule has 1 unspecified atom stereocenters. The van der Waals surface area contributed by atoms with Gasteiger partial charge in [0, 0.05) is 24.4 Å². The molecular weight excluding hydrogens is 226 g/mol. The lowest BCUT2D eigenvalue weighted by molar-refractivity contribution is -0.121. The number of hydrogen-bond acceptors (Lipinski definition) is 2. The first-order valence-corrected chi connectivity index (χ1v) is 6.54. The molecule has 1 N–H and O–H groups in total. The number of Topliss-reactive ketones (excluding diaryl/α,β-unsaturated/α-hetero) is 1. The molecule has 18 heavy (non-hydrogen) atoms. The maximum absolute atomic E-state index is 11.8. The average Bonchev–Trinajstić information content (AvgIpc) is 3.21. The third kappa shape index (κ3) is 3.69. The highest BCUT2D eigenvalue weighted by molar-refractivity contribution is 5.97. The molecule has 1 fully saturated rings. The molecule has 96 valence electrons. The molecule has 2 rings (SSSR count). The lowest BCUT2D eigenvalue weighted by Gasteiger charge is -2.12. The van der Waals surface area contributed by atoms with Crippen molar-refractivity contribution in [2.75, 3.05) is 0 Å². The summed E-state index contributed by atoms with van der Waals surface area (Å²) in [6.45, 7) is 2.04. The van der Waals surface area contributed by atoms with Crippen molar-refractivity contribution in [1.82, 2.24) is 5.32 Å². The Balaban J connectivity index is 1.74. The summed E-state index contributed by atoms with van der Waals surface area (Å²) in [5.74, 6) is 0.669. The van der Waals surface area contributed by atoms with E-state index in [0.29, 0.717) is 11.5 Å². The molecule has 0 aliphatic heterocycles. The molecule has 0 bridgehead atoms. The maximum Gasteiger partial charge on any atom is 0.220 e. The summed E-state index contributed by atoms with van der Waals surface area (Å²) in [5.41, 5.74) is 0.681. The van der Waals surface area contributed by atoms with Crippen LogP contribution in [-0.4, -0.2) is 17.7 Å². The van der Waals surface area contributed by atoms with Crippen molar-refractivity contribution < 1.29 is 9.59 Å². The van der Waals surface area contributed by atoms with Gasteiger partial charge in [-0.2, -0.15) is 0 Å². The molecule has 1 aromatic carbocycles. The van der Waals surface area contributed by atoms with Crippen LogP contribution >= 0.6 is 0 Å². The molecule has 0 spiro atoms. The van der Waals surface area contributed by atoms with Crippen LogP contribution in [0.25, 0.3) is 0 Å². The average molecular weight is 245 g/mol. The Labute approximate surface area is 108 Å². The van der Waals surface area contributed by atoms with Crippen molar-refractivity contribution in [3.05, 3.63) is 35.9 Å². The molecule has 0 saturated heterocycles. The van der Waals surface area contributed by atoms with Crippen LogP contribution in [0.3, 0.4) is 0 Å². The summed E-state index contributed by atoms with van der Waals surface area (Å²) < 4.78 is 0. The van der Waals surface area contributed by atoms with Crippen LogP contribution in [-0.2, 0) is 4.79 Å². The third-order valence-corrected chi connectivity index (χ3v) is 3.39. The van der Waals surface area contributed by atoms with Crippen LogP contribution in [0.1, 0.15) is 43.0 Å². The molecule has 0 aromatic heterocycles. The summed E-state index contributed by atoms with van der Waals surface area (Å²) >= 11 is 0. The van der Waals surface area contributed by atoms with Gasteiger partial charge >= 0.3 is 0 Å². The van der Waals surface area contributed by atoms with E-state index < -0.39 is 0 Å². The number of rotatable bonds is 6. The quantitative estimate of drug-likeness (QED) is 0.783. The molecule has 0 heterocycles. The van der Waals surface area contributed by atoms with Crippen LogP contribution in [0.2, 0.25) is 0 Å². The fraction of sp³-hybridized carbons (Fsp3) is 0.467. The van der Waals surface area contributed by atoms with Gasteiger partial charge in [-0.25, -0.2) is 0 Å². The summed E-state index contributed by atoms with van der Waals surface area (Å²) in [4.78, 5) is 23.5. The van der Waals surface area contributed by atoms with Crippen molar-refractivity contribution >= 4 is 11.7 Å². The molecule has 1 saturated carbocycles. The summed E-state index contributed by atoms with van der Waals surface area (Å²) in [7, 11) is 0. The van der Waals surface area contributed by atoms with Gasteiger partial charge in [0.2, 0.25) is 5.91 Å². The topological polar surface area (TPSA) is 46.2 Å². The van der Waals surface area contributed by atoms with Crippen LogP contribution < -0.4 is 5.32 Å². The highest BCUT2D eigenvalue weighted by atomic mass is 16.2. The standard InChI is InChI=1S/C15H19NO2/c1-11(12-7-8-12)16-15(18)10-9-14(17)13-5-3-2-4-6-13/h2-6,11-12H,7-10H2,1H3,(H,16,18). The first-order chi connectivity index (χ1) is 8.66. The van der Waals surface area contributed by atoms with E-state index in [1.54, 1.807) is 12.1 Å². The Morgan fingerprint density at radius 3 is 2.50 bits per heavy atom. The van der Waals surface area contributed by atoms with E-state index in [0.717, 1.165) is 0 Å². The Hall–Kier alpha value is -1.64. The fourth-order valence-electron chi connectivity index (χ4n) is 2.04. The normalized spacial score (nSPS) is 16.1. The summed E-state index contributed by atoms with van der Waals surface area (Å²) in [6.07, 6.45) is 2.99. The van der Waals surface area contributed by atoms with Crippen molar-refractivity contribution in [2.24, 2.45) is 5.92 Å². The van der Waals surface area contributed by atoms with Gasteiger partial charge in [0.25, 0.3) is 0 Å². The van der Waals surface area contributed by atoms with E-state index in [4.69, 9.17) is 0 Å². The van der Waals surface area contributed by atoms with Gasteiger partial charge in [-0.1, -0.05) is 30.3 Å². The number of hydrogen-bond donors (Lipinski definition) is 1. The van der Waals surface area contributed by atoms with Crippen molar-refractivity contribution in [3.63, 3.8) is 0 Å². The van der Waals surface area contributed by atoms with E-state index >= 15 is 0 Å². The number of amides is 1. The molecule has 1 atom stereocenters. The highest BCUT2D eigenvalue weighted by Crippen LogP contribution is 2.32. The SMILES string of the molecule is CC(NC(=O)CCC(=O)c1ccccc1)C1CC1. The number of benzene rings is 1. The second-order valence-corrected chi connectivity index (χ2v) is 4.98. The number of nitrogens with one attached hydrogen (secondary N) is 1.